The van der Waals surface area contributed by atoms with Gasteiger partial charge in [0.15, 0.2) is 0 Å². The van der Waals surface area contributed by atoms with E-state index in [-0.39, 0.29) is 17.4 Å². The summed E-state index contributed by atoms with van der Waals surface area (Å²) in [5.41, 5.74) is 2.26. The molecule has 2 saturated heterocycles. The van der Waals surface area contributed by atoms with E-state index in [0.29, 0.717) is 0 Å². The van der Waals surface area contributed by atoms with E-state index in [0.717, 1.165) is 5.69 Å². The molecule has 2 fully saturated rings. The highest BCUT2D eigenvalue weighted by Gasteiger charge is 2.50. The van der Waals surface area contributed by atoms with Crippen LogP contribution in [0.5, 0.6) is 0 Å². The van der Waals surface area contributed by atoms with Gasteiger partial charge in [-0.15, -0.1) is 0 Å². The van der Waals surface area contributed by atoms with Crippen LogP contribution in [-0.4, -0.2) is 29.4 Å². The molecule has 1 N–H and O–H groups in total. The van der Waals surface area contributed by atoms with E-state index in [9.17, 15) is 4.79 Å². The number of carbonyl (C=O) groups is 1. The van der Waals surface area contributed by atoms with E-state index in [4.69, 9.17) is 0 Å². The van der Waals surface area contributed by atoms with Crippen molar-refractivity contribution in [3.63, 3.8) is 0 Å². The van der Waals surface area contributed by atoms with Crippen molar-refractivity contribution in [2.45, 2.75) is 45.1 Å². The van der Waals surface area contributed by atoms with Crippen LogP contribution in [0.2, 0.25) is 0 Å². The van der Waals surface area contributed by atoms with Crippen molar-refractivity contribution in [2.75, 3.05) is 18.4 Å². The summed E-state index contributed by atoms with van der Waals surface area (Å²) < 4.78 is 0. The van der Waals surface area contributed by atoms with Gasteiger partial charge in [0.05, 0.1) is 5.92 Å². The van der Waals surface area contributed by atoms with Gasteiger partial charge in [0, 0.05) is 11.2 Å². The first-order valence-corrected chi connectivity index (χ1v) is 7.74. The minimum Gasteiger partial charge on any atom is -0.326 e. The number of nitrogens with one attached hydrogen (secondary N) is 1. The standard InChI is InChI=1S/C17H24N2O/c1-13-5-7-15(8-6-13)18-16(20)14(2)17-9-3-11-19(17)12-4-10-17/h5-8,14H,3-4,9-12H2,1-2H3,(H,18,20). The highest BCUT2D eigenvalue weighted by atomic mass is 16.2. The zero-order valence-corrected chi connectivity index (χ0v) is 12.5. The Kier molecular flexibility index (Phi) is 3.55. The fraction of sp³-hybridized carbons (Fsp3) is 0.588. The van der Waals surface area contributed by atoms with Crippen molar-refractivity contribution in [1.29, 1.82) is 0 Å². The van der Waals surface area contributed by atoms with Crippen LogP contribution in [-0.2, 0) is 4.79 Å². The summed E-state index contributed by atoms with van der Waals surface area (Å²) in [6, 6.07) is 8.05. The number of hydrogen-bond acceptors (Lipinski definition) is 2. The molecule has 0 aromatic heterocycles. The number of hydrogen-bond donors (Lipinski definition) is 1. The third-order valence-electron chi connectivity index (χ3n) is 5.22. The monoisotopic (exact) mass is 272 g/mol. The highest BCUT2D eigenvalue weighted by Crippen LogP contribution is 2.44. The molecule has 3 heteroatoms. The predicted octanol–water partition coefficient (Wildman–Crippen LogP) is 3.20. The van der Waals surface area contributed by atoms with Crippen LogP contribution in [0.25, 0.3) is 0 Å². The zero-order chi connectivity index (χ0) is 14.2. The third-order valence-corrected chi connectivity index (χ3v) is 5.22. The lowest BCUT2D eigenvalue weighted by Gasteiger charge is -2.37. The maximum atomic E-state index is 12.6. The maximum Gasteiger partial charge on any atom is 0.229 e. The molecule has 1 aromatic carbocycles. The number of fused-ring (bicyclic) bond motifs is 1. The Bertz CT molecular complexity index is 484. The molecule has 2 aliphatic rings. The highest BCUT2D eigenvalue weighted by molar-refractivity contribution is 5.93. The molecule has 2 heterocycles. The molecule has 20 heavy (non-hydrogen) atoms. The predicted molar refractivity (Wildman–Crippen MR) is 81.7 cm³/mol. The Labute approximate surface area is 121 Å². The van der Waals surface area contributed by atoms with Crippen molar-refractivity contribution in [3.8, 4) is 0 Å². The number of aryl methyl sites for hydroxylation is 1. The molecule has 0 saturated carbocycles. The summed E-state index contributed by atoms with van der Waals surface area (Å²) in [6.07, 6.45) is 4.83. The second-order valence-electron chi connectivity index (χ2n) is 6.37. The summed E-state index contributed by atoms with van der Waals surface area (Å²) in [5.74, 6) is 0.233. The van der Waals surface area contributed by atoms with E-state index in [1.807, 2.05) is 24.3 Å². The van der Waals surface area contributed by atoms with Gasteiger partial charge in [0.2, 0.25) is 5.91 Å². The molecule has 1 unspecified atom stereocenters. The largest absolute Gasteiger partial charge is 0.326 e. The minimum absolute atomic E-state index is 0.0637. The Morgan fingerprint density at radius 1 is 1.20 bits per heavy atom. The Morgan fingerprint density at radius 2 is 1.80 bits per heavy atom. The van der Waals surface area contributed by atoms with Crippen LogP contribution in [0.3, 0.4) is 0 Å². The molecule has 3 rings (SSSR count). The van der Waals surface area contributed by atoms with E-state index in [1.54, 1.807) is 0 Å². The summed E-state index contributed by atoms with van der Waals surface area (Å²) >= 11 is 0. The number of amides is 1. The fourth-order valence-corrected chi connectivity index (χ4v) is 3.99. The minimum atomic E-state index is 0.0637. The van der Waals surface area contributed by atoms with Gasteiger partial charge in [-0.1, -0.05) is 24.6 Å². The molecule has 3 nitrogen and oxygen atoms in total. The lowest BCUT2D eigenvalue weighted by atomic mass is 9.81. The van der Waals surface area contributed by atoms with Gasteiger partial charge < -0.3 is 5.32 Å². The molecule has 0 spiro atoms. The van der Waals surface area contributed by atoms with Crippen LogP contribution in [0.15, 0.2) is 24.3 Å². The lowest BCUT2D eigenvalue weighted by Crippen LogP contribution is -2.48. The number of benzene rings is 1. The van der Waals surface area contributed by atoms with Gasteiger partial charge in [0.1, 0.15) is 0 Å². The Balaban J connectivity index is 1.72. The first kappa shape index (κ1) is 13.6. The Morgan fingerprint density at radius 3 is 2.40 bits per heavy atom. The molecule has 1 atom stereocenters. The molecule has 0 bridgehead atoms. The summed E-state index contributed by atoms with van der Waals surface area (Å²) in [4.78, 5) is 15.1. The molecule has 1 amide bonds. The van der Waals surface area contributed by atoms with Gasteiger partial charge in [-0.25, -0.2) is 0 Å². The number of nitrogens with zero attached hydrogens (tertiary/aromatic N) is 1. The fourth-order valence-electron chi connectivity index (χ4n) is 3.99. The van der Waals surface area contributed by atoms with Gasteiger partial charge in [-0.05, 0) is 57.8 Å². The zero-order valence-electron chi connectivity index (χ0n) is 12.5. The van der Waals surface area contributed by atoms with Crippen LogP contribution in [0.1, 0.15) is 38.2 Å². The van der Waals surface area contributed by atoms with Crippen molar-refractivity contribution in [2.24, 2.45) is 5.92 Å². The number of rotatable bonds is 3. The van der Waals surface area contributed by atoms with Gasteiger partial charge in [-0.3, -0.25) is 9.69 Å². The molecular formula is C17H24N2O. The summed E-state index contributed by atoms with van der Waals surface area (Å²) in [6.45, 7) is 6.50. The smallest absolute Gasteiger partial charge is 0.229 e. The van der Waals surface area contributed by atoms with Crippen molar-refractivity contribution in [1.82, 2.24) is 4.90 Å². The molecule has 2 aliphatic heterocycles. The summed E-state index contributed by atoms with van der Waals surface area (Å²) in [5, 5.41) is 3.09. The lowest BCUT2D eigenvalue weighted by molar-refractivity contribution is -0.123. The maximum absolute atomic E-state index is 12.6. The summed E-state index contributed by atoms with van der Waals surface area (Å²) in [7, 11) is 0. The van der Waals surface area contributed by atoms with Gasteiger partial charge in [-0.2, -0.15) is 0 Å². The topological polar surface area (TPSA) is 32.3 Å². The van der Waals surface area contributed by atoms with Crippen molar-refractivity contribution < 1.29 is 4.79 Å². The van der Waals surface area contributed by atoms with Crippen molar-refractivity contribution >= 4 is 11.6 Å². The third kappa shape index (κ3) is 2.24. The molecule has 1 aromatic rings. The molecule has 0 aliphatic carbocycles. The van der Waals surface area contributed by atoms with Crippen molar-refractivity contribution in [3.05, 3.63) is 29.8 Å². The number of anilines is 1. The second kappa shape index (κ2) is 5.21. The average molecular weight is 272 g/mol. The number of carbonyl (C=O) groups excluding carboxylic acids is 1. The molecule has 108 valence electrons. The van der Waals surface area contributed by atoms with Crippen LogP contribution >= 0.6 is 0 Å². The van der Waals surface area contributed by atoms with Gasteiger partial charge >= 0.3 is 0 Å². The SMILES string of the molecule is Cc1ccc(NC(=O)C(C)C23CCCN2CCC3)cc1. The second-order valence-corrected chi connectivity index (χ2v) is 6.37. The molecule has 0 radical (unpaired) electrons. The Hall–Kier alpha value is -1.35. The first-order chi connectivity index (χ1) is 9.62. The average Bonchev–Trinajstić information content (AvgIpc) is 3.00. The van der Waals surface area contributed by atoms with Crippen LogP contribution in [0.4, 0.5) is 5.69 Å². The quantitative estimate of drug-likeness (QED) is 0.916. The van der Waals surface area contributed by atoms with Gasteiger partial charge in [0.25, 0.3) is 0 Å². The molecular weight excluding hydrogens is 248 g/mol. The van der Waals surface area contributed by atoms with E-state index < -0.39 is 0 Å². The van der Waals surface area contributed by atoms with Crippen LogP contribution < -0.4 is 5.32 Å². The first-order valence-electron chi connectivity index (χ1n) is 7.74. The van der Waals surface area contributed by atoms with E-state index in [1.165, 1.54) is 44.3 Å². The van der Waals surface area contributed by atoms with E-state index in [2.05, 4.69) is 24.1 Å². The van der Waals surface area contributed by atoms with E-state index >= 15 is 0 Å². The normalized spacial score (nSPS) is 22.5. The van der Waals surface area contributed by atoms with Crippen LogP contribution in [0, 0.1) is 12.8 Å².